The number of rotatable bonds is 7. The second-order valence-corrected chi connectivity index (χ2v) is 7.48. The first-order chi connectivity index (χ1) is 13.7. The molecule has 1 aliphatic rings. The molecule has 0 atom stereocenters. The molecule has 1 aromatic carbocycles. The Morgan fingerprint density at radius 1 is 1.29 bits per heavy atom. The number of benzene rings is 1. The number of hydrogen-bond acceptors (Lipinski definition) is 4. The Bertz CT molecular complexity index is 760. The van der Waals surface area contributed by atoms with Gasteiger partial charge >= 0.3 is 0 Å². The minimum Gasteiger partial charge on any atom is -0.355 e. The van der Waals surface area contributed by atoms with Gasteiger partial charge in [-0.2, -0.15) is 0 Å². The average molecular weight is 384 g/mol. The maximum atomic E-state index is 4.38. The molecule has 1 aliphatic heterocycles. The molecule has 28 heavy (non-hydrogen) atoms. The maximum Gasteiger partial charge on any atom is 0.191 e. The van der Waals surface area contributed by atoms with E-state index >= 15 is 0 Å². The summed E-state index contributed by atoms with van der Waals surface area (Å²) in [6, 6.07) is 9.29. The number of hydrogen-bond donors (Lipinski definition) is 2. The number of piperidine rings is 1. The Kier molecular flexibility index (Phi) is 7.42. The lowest BCUT2D eigenvalue weighted by Gasteiger charge is -2.33. The van der Waals surface area contributed by atoms with E-state index in [2.05, 4.69) is 73.4 Å². The van der Waals surface area contributed by atoms with Gasteiger partial charge in [-0.15, -0.1) is 10.2 Å². The molecule has 0 spiro atoms. The normalized spacial score (nSPS) is 16.3. The molecule has 2 heterocycles. The molecule has 7 heteroatoms. The highest BCUT2D eigenvalue weighted by Crippen LogP contribution is 2.14. The Balaban J connectivity index is 1.39. The highest BCUT2D eigenvalue weighted by Gasteiger charge is 2.20. The SMILES string of the molecule is CCc1nncn1CCNC(=NC)NC1CCN(Cc2cccc(C)c2)CC1. The number of likely N-dealkylation sites (tertiary alicyclic amines) is 1. The van der Waals surface area contributed by atoms with Crippen LogP contribution in [0.15, 0.2) is 35.6 Å². The van der Waals surface area contributed by atoms with Gasteiger partial charge in [0, 0.05) is 52.2 Å². The van der Waals surface area contributed by atoms with Gasteiger partial charge in [-0.05, 0) is 25.3 Å². The molecule has 1 aromatic heterocycles. The second kappa shape index (κ2) is 10.2. The molecular weight excluding hydrogens is 350 g/mol. The van der Waals surface area contributed by atoms with Crippen LogP contribution in [0.25, 0.3) is 0 Å². The van der Waals surface area contributed by atoms with Crippen molar-refractivity contribution in [3.05, 3.63) is 47.5 Å². The first-order valence-corrected chi connectivity index (χ1v) is 10.3. The summed E-state index contributed by atoms with van der Waals surface area (Å²) in [5, 5.41) is 15.1. The summed E-state index contributed by atoms with van der Waals surface area (Å²) in [7, 11) is 1.83. The van der Waals surface area contributed by atoms with E-state index in [-0.39, 0.29) is 0 Å². The predicted molar refractivity (Wildman–Crippen MR) is 113 cm³/mol. The van der Waals surface area contributed by atoms with Crippen LogP contribution in [0.5, 0.6) is 0 Å². The standard InChI is InChI=1S/C21H33N7/c1-4-20-26-24-16-28(20)13-10-23-21(22-3)25-19-8-11-27(12-9-19)15-18-7-5-6-17(2)14-18/h5-7,14,16,19H,4,8-13,15H2,1-3H3,(H2,22,23,25). The molecule has 0 radical (unpaired) electrons. The van der Waals surface area contributed by atoms with E-state index in [9.17, 15) is 0 Å². The molecule has 2 aromatic rings. The lowest BCUT2D eigenvalue weighted by atomic mass is 10.0. The fourth-order valence-corrected chi connectivity index (χ4v) is 3.73. The molecule has 152 valence electrons. The molecule has 1 saturated heterocycles. The average Bonchev–Trinajstić information content (AvgIpc) is 3.16. The van der Waals surface area contributed by atoms with Crippen molar-refractivity contribution < 1.29 is 0 Å². The van der Waals surface area contributed by atoms with Crippen LogP contribution in [0.4, 0.5) is 0 Å². The van der Waals surface area contributed by atoms with Crippen LogP contribution in [-0.2, 0) is 19.5 Å². The van der Waals surface area contributed by atoms with Gasteiger partial charge in [-0.1, -0.05) is 36.8 Å². The highest BCUT2D eigenvalue weighted by atomic mass is 15.3. The monoisotopic (exact) mass is 383 g/mol. The third-order valence-corrected chi connectivity index (χ3v) is 5.30. The van der Waals surface area contributed by atoms with Gasteiger partial charge in [0.1, 0.15) is 12.2 Å². The largest absolute Gasteiger partial charge is 0.355 e. The number of nitrogens with zero attached hydrogens (tertiary/aromatic N) is 5. The van der Waals surface area contributed by atoms with Crippen LogP contribution < -0.4 is 10.6 Å². The first kappa shape index (κ1) is 20.3. The zero-order valence-electron chi connectivity index (χ0n) is 17.4. The van der Waals surface area contributed by atoms with E-state index in [0.29, 0.717) is 6.04 Å². The zero-order chi connectivity index (χ0) is 19.8. The van der Waals surface area contributed by atoms with Crippen molar-refractivity contribution >= 4 is 5.96 Å². The number of guanidine groups is 1. The van der Waals surface area contributed by atoms with E-state index in [0.717, 1.165) is 63.8 Å². The summed E-state index contributed by atoms with van der Waals surface area (Å²) in [6.07, 6.45) is 4.96. The number of nitrogens with one attached hydrogen (secondary N) is 2. The van der Waals surface area contributed by atoms with Crippen molar-refractivity contribution in [2.24, 2.45) is 4.99 Å². The topological polar surface area (TPSA) is 70.4 Å². The Labute approximate surface area is 168 Å². The summed E-state index contributed by atoms with van der Waals surface area (Å²) >= 11 is 0. The van der Waals surface area contributed by atoms with E-state index in [1.165, 1.54) is 11.1 Å². The quantitative estimate of drug-likeness (QED) is 0.565. The molecule has 0 amide bonds. The Morgan fingerprint density at radius 2 is 2.11 bits per heavy atom. The lowest BCUT2D eigenvalue weighted by molar-refractivity contribution is 0.198. The minimum atomic E-state index is 0.473. The fourth-order valence-electron chi connectivity index (χ4n) is 3.73. The molecule has 0 saturated carbocycles. The number of aromatic nitrogens is 3. The molecular formula is C21H33N7. The van der Waals surface area contributed by atoms with E-state index < -0.39 is 0 Å². The van der Waals surface area contributed by atoms with Gasteiger partial charge in [0.25, 0.3) is 0 Å². The van der Waals surface area contributed by atoms with Crippen LogP contribution in [-0.4, -0.2) is 58.3 Å². The maximum absolute atomic E-state index is 4.38. The van der Waals surface area contributed by atoms with Crippen molar-refractivity contribution in [3.8, 4) is 0 Å². The van der Waals surface area contributed by atoms with Gasteiger partial charge in [0.15, 0.2) is 5.96 Å². The Morgan fingerprint density at radius 3 is 2.82 bits per heavy atom. The van der Waals surface area contributed by atoms with E-state index in [1.807, 2.05) is 7.05 Å². The van der Waals surface area contributed by atoms with Crippen LogP contribution >= 0.6 is 0 Å². The second-order valence-electron chi connectivity index (χ2n) is 7.48. The van der Waals surface area contributed by atoms with Crippen LogP contribution in [0.1, 0.15) is 36.7 Å². The summed E-state index contributed by atoms with van der Waals surface area (Å²) in [4.78, 5) is 6.92. The van der Waals surface area contributed by atoms with Crippen molar-refractivity contribution in [3.63, 3.8) is 0 Å². The molecule has 0 bridgehead atoms. The molecule has 7 nitrogen and oxygen atoms in total. The van der Waals surface area contributed by atoms with Crippen molar-refractivity contribution in [2.45, 2.75) is 52.2 Å². The van der Waals surface area contributed by atoms with Gasteiger partial charge in [0.05, 0.1) is 0 Å². The molecule has 3 rings (SSSR count). The van der Waals surface area contributed by atoms with Crippen molar-refractivity contribution in [1.29, 1.82) is 0 Å². The van der Waals surface area contributed by atoms with Gasteiger partial charge in [-0.3, -0.25) is 9.89 Å². The molecule has 1 fully saturated rings. The number of aryl methyl sites for hydroxylation is 2. The lowest BCUT2D eigenvalue weighted by Crippen LogP contribution is -2.49. The van der Waals surface area contributed by atoms with Gasteiger partial charge in [-0.25, -0.2) is 0 Å². The van der Waals surface area contributed by atoms with Gasteiger partial charge < -0.3 is 15.2 Å². The van der Waals surface area contributed by atoms with Crippen LogP contribution in [0, 0.1) is 6.92 Å². The highest BCUT2D eigenvalue weighted by molar-refractivity contribution is 5.79. The predicted octanol–water partition coefficient (Wildman–Crippen LogP) is 1.98. The Hall–Kier alpha value is -2.41. The minimum absolute atomic E-state index is 0.473. The molecule has 2 N–H and O–H groups in total. The molecule has 0 unspecified atom stereocenters. The van der Waals surface area contributed by atoms with Crippen LogP contribution in [0.3, 0.4) is 0 Å². The summed E-state index contributed by atoms with van der Waals surface area (Å²) in [6.45, 7) is 9.17. The van der Waals surface area contributed by atoms with Crippen molar-refractivity contribution in [2.75, 3.05) is 26.7 Å². The fraction of sp³-hybridized carbons (Fsp3) is 0.571. The summed E-state index contributed by atoms with van der Waals surface area (Å²) < 4.78 is 2.09. The van der Waals surface area contributed by atoms with Gasteiger partial charge in [0.2, 0.25) is 0 Å². The smallest absolute Gasteiger partial charge is 0.191 e. The zero-order valence-corrected chi connectivity index (χ0v) is 17.4. The third-order valence-electron chi connectivity index (χ3n) is 5.30. The van der Waals surface area contributed by atoms with E-state index in [4.69, 9.17) is 0 Å². The number of aliphatic imine (C=N–C) groups is 1. The summed E-state index contributed by atoms with van der Waals surface area (Å²) in [5.74, 6) is 1.90. The summed E-state index contributed by atoms with van der Waals surface area (Å²) in [5.41, 5.74) is 2.74. The first-order valence-electron chi connectivity index (χ1n) is 10.3. The van der Waals surface area contributed by atoms with E-state index in [1.54, 1.807) is 6.33 Å². The van der Waals surface area contributed by atoms with Crippen LogP contribution in [0.2, 0.25) is 0 Å². The van der Waals surface area contributed by atoms with Crippen molar-refractivity contribution in [1.82, 2.24) is 30.3 Å². The third kappa shape index (κ3) is 5.79. The molecule has 0 aliphatic carbocycles.